The van der Waals surface area contributed by atoms with Gasteiger partial charge in [0.2, 0.25) is 5.75 Å². The summed E-state index contributed by atoms with van der Waals surface area (Å²) >= 11 is 0. The lowest BCUT2D eigenvalue weighted by Gasteiger charge is -2.13. The van der Waals surface area contributed by atoms with Gasteiger partial charge in [-0.05, 0) is 18.6 Å². The van der Waals surface area contributed by atoms with Crippen LogP contribution in [0.2, 0.25) is 0 Å². The zero-order valence-corrected chi connectivity index (χ0v) is 13.0. The van der Waals surface area contributed by atoms with E-state index in [1.807, 2.05) is 0 Å². The van der Waals surface area contributed by atoms with Gasteiger partial charge < -0.3 is 18.9 Å². The first kappa shape index (κ1) is 16.9. The van der Waals surface area contributed by atoms with Crippen LogP contribution in [0.3, 0.4) is 0 Å². The lowest BCUT2D eigenvalue weighted by Crippen LogP contribution is -2.00. The summed E-state index contributed by atoms with van der Waals surface area (Å²) in [5.41, 5.74) is 0.444. The highest BCUT2D eigenvalue weighted by Gasteiger charge is 2.15. The van der Waals surface area contributed by atoms with Crippen LogP contribution in [-0.2, 0) is 4.74 Å². The van der Waals surface area contributed by atoms with E-state index in [-0.39, 0.29) is 5.78 Å². The maximum atomic E-state index is 12.1. The highest BCUT2D eigenvalue weighted by Crippen LogP contribution is 2.38. The number of ether oxygens (including phenoxy) is 4. The van der Waals surface area contributed by atoms with E-state index in [0.717, 1.165) is 12.8 Å². The molecule has 0 fully saturated rings. The molecule has 5 heteroatoms. The average Bonchev–Trinajstić information content (AvgIpc) is 2.52. The van der Waals surface area contributed by atoms with E-state index in [4.69, 9.17) is 18.9 Å². The Hall–Kier alpha value is -2.17. The fourth-order valence-electron chi connectivity index (χ4n) is 1.73. The lowest BCUT2D eigenvalue weighted by atomic mass is 10.1. The number of methoxy groups -OCH3 is 3. The number of unbranched alkanes of at least 4 members (excludes halogenated alkanes) is 1. The van der Waals surface area contributed by atoms with Crippen molar-refractivity contribution in [2.24, 2.45) is 0 Å². The van der Waals surface area contributed by atoms with E-state index >= 15 is 0 Å². The molecule has 0 heterocycles. The predicted molar refractivity (Wildman–Crippen MR) is 80.4 cm³/mol. The first-order chi connectivity index (χ1) is 10.2. The Bertz CT molecular complexity index is 468. The highest BCUT2D eigenvalue weighted by atomic mass is 16.5. The fourth-order valence-corrected chi connectivity index (χ4v) is 1.73. The summed E-state index contributed by atoms with van der Waals surface area (Å²) in [4.78, 5) is 12.1. The molecule has 116 valence electrons. The molecule has 1 rings (SSSR count). The summed E-state index contributed by atoms with van der Waals surface area (Å²) in [7, 11) is 4.54. The fraction of sp³-hybridized carbons (Fsp3) is 0.438. The van der Waals surface area contributed by atoms with Crippen LogP contribution in [0.1, 0.15) is 30.1 Å². The lowest BCUT2D eigenvalue weighted by molar-refractivity contribution is 0.104. The van der Waals surface area contributed by atoms with Gasteiger partial charge in [-0.3, -0.25) is 4.79 Å². The Morgan fingerprint density at radius 2 is 1.71 bits per heavy atom. The van der Waals surface area contributed by atoms with Gasteiger partial charge in [-0.15, -0.1) is 0 Å². The molecular weight excluding hydrogens is 272 g/mol. The Kier molecular flexibility index (Phi) is 7.15. The maximum absolute atomic E-state index is 12.1. The van der Waals surface area contributed by atoms with Gasteiger partial charge in [0.15, 0.2) is 17.3 Å². The molecule has 0 saturated carbocycles. The third-order valence-corrected chi connectivity index (χ3v) is 2.88. The molecule has 1 aromatic rings. The van der Waals surface area contributed by atoms with Crippen molar-refractivity contribution in [2.45, 2.75) is 19.8 Å². The minimum absolute atomic E-state index is 0.189. The van der Waals surface area contributed by atoms with Crippen molar-refractivity contribution in [3.8, 4) is 17.2 Å². The van der Waals surface area contributed by atoms with Crippen LogP contribution >= 0.6 is 0 Å². The molecule has 0 aliphatic rings. The number of rotatable bonds is 9. The summed E-state index contributed by atoms with van der Waals surface area (Å²) in [6.45, 7) is 2.68. The van der Waals surface area contributed by atoms with E-state index in [0.29, 0.717) is 29.4 Å². The second kappa shape index (κ2) is 8.89. The largest absolute Gasteiger partial charge is 0.501 e. The number of carbonyl (C=O) groups is 1. The molecule has 5 nitrogen and oxygen atoms in total. The number of carbonyl (C=O) groups excluding carboxylic acids is 1. The zero-order chi connectivity index (χ0) is 15.7. The van der Waals surface area contributed by atoms with E-state index in [2.05, 4.69) is 6.92 Å². The van der Waals surface area contributed by atoms with Crippen molar-refractivity contribution in [1.29, 1.82) is 0 Å². The highest BCUT2D eigenvalue weighted by molar-refractivity contribution is 6.05. The van der Waals surface area contributed by atoms with Crippen molar-refractivity contribution >= 4 is 5.78 Å². The Morgan fingerprint density at radius 1 is 1.10 bits per heavy atom. The summed E-state index contributed by atoms with van der Waals surface area (Å²) in [6.07, 6.45) is 4.81. The molecule has 0 amide bonds. The molecule has 0 saturated heterocycles. The SMILES string of the molecule is CCCCO/C=C/C(=O)c1cc(OC)c(OC)c(OC)c1. The molecule has 0 aliphatic carbocycles. The summed E-state index contributed by atoms with van der Waals surface area (Å²) in [6, 6.07) is 3.22. The monoisotopic (exact) mass is 294 g/mol. The number of hydrogen-bond donors (Lipinski definition) is 0. The number of benzene rings is 1. The average molecular weight is 294 g/mol. The zero-order valence-electron chi connectivity index (χ0n) is 13.0. The van der Waals surface area contributed by atoms with Gasteiger partial charge in [0.1, 0.15) is 0 Å². The summed E-state index contributed by atoms with van der Waals surface area (Å²) < 4.78 is 20.9. The van der Waals surface area contributed by atoms with Gasteiger partial charge in [-0.1, -0.05) is 13.3 Å². The van der Waals surface area contributed by atoms with Crippen LogP contribution in [-0.4, -0.2) is 33.7 Å². The molecule has 0 spiro atoms. The van der Waals surface area contributed by atoms with E-state index in [1.165, 1.54) is 33.7 Å². The van der Waals surface area contributed by atoms with Gasteiger partial charge >= 0.3 is 0 Å². The van der Waals surface area contributed by atoms with Crippen molar-refractivity contribution in [3.63, 3.8) is 0 Å². The first-order valence-corrected chi connectivity index (χ1v) is 6.80. The Labute approximate surface area is 125 Å². The quantitative estimate of drug-likeness (QED) is 0.303. The smallest absolute Gasteiger partial charge is 0.203 e. The standard InChI is InChI=1S/C16H22O5/c1-5-6-8-21-9-7-13(17)12-10-14(18-2)16(20-4)15(11-12)19-3/h7,9-11H,5-6,8H2,1-4H3/b9-7+. The first-order valence-electron chi connectivity index (χ1n) is 6.80. The summed E-state index contributed by atoms with van der Waals surface area (Å²) in [5, 5.41) is 0. The normalized spacial score (nSPS) is 10.5. The number of allylic oxidation sites excluding steroid dienone is 1. The van der Waals surface area contributed by atoms with E-state index in [9.17, 15) is 4.79 Å². The molecule has 0 unspecified atom stereocenters. The molecule has 0 N–H and O–H groups in total. The molecule has 0 bridgehead atoms. The van der Waals surface area contributed by atoms with Crippen molar-refractivity contribution in [1.82, 2.24) is 0 Å². The summed E-state index contributed by atoms with van der Waals surface area (Å²) in [5.74, 6) is 1.16. The molecule has 0 radical (unpaired) electrons. The minimum atomic E-state index is -0.189. The molecular formula is C16H22O5. The van der Waals surface area contributed by atoms with Crippen LogP contribution < -0.4 is 14.2 Å². The molecule has 0 aromatic heterocycles. The van der Waals surface area contributed by atoms with Crippen LogP contribution in [0.5, 0.6) is 17.2 Å². The van der Waals surface area contributed by atoms with Crippen LogP contribution in [0.15, 0.2) is 24.5 Å². The number of ketones is 1. The van der Waals surface area contributed by atoms with Crippen LogP contribution in [0.25, 0.3) is 0 Å². The third kappa shape index (κ3) is 4.70. The molecule has 21 heavy (non-hydrogen) atoms. The third-order valence-electron chi connectivity index (χ3n) is 2.88. The van der Waals surface area contributed by atoms with Gasteiger partial charge in [0, 0.05) is 11.6 Å². The van der Waals surface area contributed by atoms with Crippen LogP contribution in [0, 0.1) is 0 Å². The maximum Gasteiger partial charge on any atom is 0.203 e. The minimum Gasteiger partial charge on any atom is -0.501 e. The van der Waals surface area contributed by atoms with Crippen molar-refractivity contribution < 1.29 is 23.7 Å². The van der Waals surface area contributed by atoms with Crippen molar-refractivity contribution in [2.75, 3.05) is 27.9 Å². The topological polar surface area (TPSA) is 54.0 Å². The second-order valence-electron chi connectivity index (χ2n) is 4.31. The molecule has 0 atom stereocenters. The van der Waals surface area contributed by atoms with Gasteiger partial charge in [-0.25, -0.2) is 0 Å². The van der Waals surface area contributed by atoms with Gasteiger partial charge in [0.05, 0.1) is 34.2 Å². The Balaban J connectivity index is 2.89. The van der Waals surface area contributed by atoms with E-state index in [1.54, 1.807) is 12.1 Å². The number of hydrogen-bond acceptors (Lipinski definition) is 5. The molecule has 1 aromatic carbocycles. The van der Waals surface area contributed by atoms with Gasteiger partial charge in [-0.2, -0.15) is 0 Å². The van der Waals surface area contributed by atoms with Gasteiger partial charge in [0.25, 0.3) is 0 Å². The Morgan fingerprint density at radius 3 is 2.19 bits per heavy atom. The molecule has 0 aliphatic heterocycles. The van der Waals surface area contributed by atoms with Crippen LogP contribution in [0.4, 0.5) is 0 Å². The predicted octanol–water partition coefficient (Wildman–Crippen LogP) is 3.23. The second-order valence-corrected chi connectivity index (χ2v) is 4.31. The van der Waals surface area contributed by atoms with Crippen molar-refractivity contribution in [3.05, 3.63) is 30.0 Å². The van der Waals surface area contributed by atoms with E-state index < -0.39 is 0 Å².